The summed E-state index contributed by atoms with van der Waals surface area (Å²) >= 11 is 0. The minimum absolute atomic E-state index is 0.467. The van der Waals surface area contributed by atoms with Crippen LogP contribution >= 0.6 is 0 Å². The monoisotopic (exact) mass is 700 g/mol. The summed E-state index contributed by atoms with van der Waals surface area (Å²) in [5, 5.41) is 0. The van der Waals surface area contributed by atoms with Crippen molar-refractivity contribution in [2.24, 2.45) is 0 Å². The minimum atomic E-state index is -0.467. The number of benzene rings is 8. The lowest BCUT2D eigenvalue weighted by atomic mass is 9.67. The molecule has 0 atom stereocenters. The van der Waals surface area contributed by atoms with E-state index in [1.165, 1.54) is 44.5 Å². The molecule has 8 aromatic carbocycles. The van der Waals surface area contributed by atoms with Crippen LogP contribution in [0.5, 0.6) is 0 Å². The fourth-order valence-corrected chi connectivity index (χ4v) is 8.41. The van der Waals surface area contributed by atoms with Crippen LogP contribution in [0.25, 0.3) is 67.3 Å². The first-order valence-corrected chi connectivity index (χ1v) is 18.8. The highest BCUT2D eigenvalue weighted by Crippen LogP contribution is 2.56. The van der Waals surface area contributed by atoms with Gasteiger partial charge in [0.15, 0.2) is 5.82 Å². The van der Waals surface area contributed by atoms with E-state index in [0.29, 0.717) is 5.82 Å². The van der Waals surface area contributed by atoms with Gasteiger partial charge in [0.1, 0.15) is 0 Å². The molecule has 0 spiro atoms. The summed E-state index contributed by atoms with van der Waals surface area (Å²) in [5.41, 5.74) is 16.9. The molecular formula is C53H36N2. The van der Waals surface area contributed by atoms with Gasteiger partial charge in [0.25, 0.3) is 0 Å². The first-order chi connectivity index (χ1) is 27.3. The highest BCUT2D eigenvalue weighted by Gasteiger charge is 2.45. The van der Waals surface area contributed by atoms with Gasteiger partial charge in [0.2, 0.25) is 0 Å². The van der Waals surface area contributed by atoms with Gasteiger partial charge < -0.3 is 0 Å². The van der Waals surface area contributed by atoms with E-state index in [2.05, 4.69) is 194 Å². The molecule has 1 heterocycles. The van der Waals surface area contributed by atoms with Gasteiger partial charge in [-0.2, -0.15) is 0 Å². The summed E-state index contributed by atoms with van der Waals surface area (Å²) in [7, 11) is 0. The highest BCUT2D eigenvalue weighted by molar-refractivity contribution is 5.87. The largest absolute Gasteiger partial charge is 0.228 e. The van der Waals surface area contributed by atoms with Crippen LogP contribution in [-0.4, -0.2) is 9.97 Å². The Morgan fingerprint density at radius 2 is 0.673 bits per heavy atom. The summed E-state index contributed by atoms with van der Waals surface area (Å²) in [6, 6.07) is 78.3. The van der Waals surface area contributed by atoms with Gasteiger partial charge in [0, 0.05) is 16.7 Å². The van der Waals surface area contributed by atoms with E-state index in [4.69, 9.17) is 9.97 Å². The number of aromatic nitrogens is 2. The van der Waals surface area contributed by atoms with Crippen LogP contribution in [0.3, 0.4) is 0 Å². The van der Waals surface area contributed by atoms with Crippen molar-refractivity contribution in [2.45, 2.75) is 5.41 Å². The standard InChI is InChI=1S/C53H36N2/c1-4-15-37(16-5-1)38-27-31-44(32-28-38)53(48-25-12-10-23-46(48)47-24-11-13-26-49(47)53)45-33-29-39(30-34-45)42-21-14-22-43(35-42)51-36-50(40-17-6-2-7-18-40)54-52(55-51)41-19-8-3-9-20-41/h1-36H. The fraction of sp³-hybridized carbons (Fsp3) is 0.0189. The molecule has 0 bridgehead atoms. The van der Waals surface area contributed by atoms with Gasteiger partial charge in [-0.05, 0) is 67.8 Å². The van der Waals surface area contributed by atoms with E-state index in [-0.39, 0.29) is 0 Å². The number of nitrogens with zero attached hydrogens (tertiary/aromatic N) is 2. The Morgan fingerprint density at radius 3 is 1.24 bits per heavy atom. The van der Waals surface area contributed by atoms with Crippen molar-refractivity contribution in [2.75, 3.05) is 0 Å². The molecule has 0 fully saturated rings. The Labute approximate surface area is 322 Å². The van der Waals surface area contributed by atoms with E-state index < -0.39 is 5.41 Å². The zero-order chi connectivity index (χ0) is 36.6. The maximum absolute atomic E-state index is 5.10. The maximum atomic E-state index is 5.10. The predicted molar refractivity (Wildman–Crippen MR) is 227 cm³/mol. The fourth-order valence-electron chi connectivity index (χ4n) is 8.41. The molecule has 2 nitrogen and oxygen atoms in total. The lowest BCUT2D eigenvalue weighted by Gasteiger charge is -2.34. The molecule has 2 heteroatoms. The third-order valence-electron chi connectivity index (χ3n) is 11.0. The normalized spacial score (nSPS) is 12.5. The van der Waals surface area contributed by atoms with Crippen LogP contribution in [0, 0.1) is 0 Å². The van der Waals surface area contributed by atoms with Crippen LogP contribution in [0.1, 0.15) is 22.3 Å². The molecule has 0 saturated carbocycles. The number of hydrogen-bond acceptors (Lipinski definition) is 2. The topological polar surface area (TPSA) is 25.8 Å². The Morgan fingerprint density at radius 1 is 0.273 bits per heavy atom. The molecule has 1 aliphatic rings. The molecule has 0 unspecified atom stereocenters. The molecule has 0 aliphatic heterocycles. The van der Waals surface area contributed by atoms with E-state index in [9.17, 15) is 0 Å². The summed E-state index contributed by atoms with van der Waals surface area (Å²) in [5.74, 6) is 0.714. The van der Waals surface area contributed by atoms with Crippen LogP contribution in [0.4, 0.5) is 0 Å². The predicted octanol–water partition coefficient (Wildman–Crippen LogP) is 13.2. The van der Waals surface area contributed by atoms with Crippen LogP contribution in [-0.2, 0) is 5.41 Å². The summed E-state index contributed by atoms with van der Waals surface area (Å²) < 4.78 is 0. The highest BCUT2D eigenvalue weighted by atomic mass is 14.9. The smallest absolute Gasteiger partial charge is 0.160 e. The van der Waals surface area contributed by atoms with Gasteiger partial charge in [0.05, 0.1) is 16.8 Å². The van der Waals surface area contributed by atoms with Gasteiger partial charge in [-0.3, -0.25) is 0 Å². The van der Waals surface area contributed by atoms with Crippen LogP contribution in [0.2, 0.25) is 0 Å². The second-order valence-corrected chi connectivity index (χ2v) is 14.1. The SMILES string of the molecule is c1ccc(-c2ccc(C3(c4ccc(-c5cccc(-c6cc(-c7ccccc7)nc(-c7ccccc7)n6)c5)cc4)c4ccccc4-c4ccccc43)cc2)cc1. The van der Waals surface area contributed by atoms with Gasteiger partial charge in [-0.25, -0.2) is 9.97 Å². The van der Waals surface area contributed by atoms with Crippen molar-refractivity contribution >= 4 is 0 Å². The number of hydrogen-bond donors (Lipinski definition) is 0. The molecule has 258 valence electrons. The molecule has 0 amide bonds. The van der Waals surface area contributed by atoms with Crippen molar-refractivity contribution < 1.29 is 0 Å². The molecule has 9 aromatic rings. The van der Waals surface area contributed by atoms with Crippen molar-refractivity contribution in [1.82, 2.24) is 9.97 Å². The molecule has 10 rings (SSSR count). The first kappa shape index (κ1) is 32.5. The van der Waals surface area contributed by atoms with E-state index in [1.807, 2.05) is 24.3 Å². The zero-order valence-corrected chi connectivity index (χ0v) is 30.2. The quantitative estimate of drug-likeness (QED) is 0.165. The van der Waals surface area contributed by atoms with Gasteiger partial charge in [-0.1, -0.05) is 206 Å². The van der Waals surface area contributed by atoms with Crippen molar-refractivity contribution in [1.29, 1.82) is 0 Å². The third-order valence-corrected chi connectivity index (χ3v) is 11.0. The summed E-state index contributed by atoms with van der Waals surface area (Å²) in [6.07, 6.45) is 0. The summed E-state index contributed by atoms with van der Waals surface area (Å²) in [4.78, 5) is 10.1. The van der Waals surface area contributed by atoms with E-state index in [0.717, 1.165) is 39.2 Å². The second kappa shape index (κ2) is 13.7. The molecule has 0 radical (unpaired) electrons. The van der Waals surface area contributed by atoms with Crippen LogP contribution < -0.4 is 0 Å². The Balaban J connectivity index is 1.08. The van der Waals surface area contributed by atoms with Crippen molar-refractivity contribution in [3.8, 4) is 67.3 Å². The van der Waals surface area contributed by atoms with Gasteiger partial charge >= 0.3 is 0 Å². The van der Waals surface area contributed by atoms with Crippen molar-refractivity contribution in [3.05, 3.63) is 241 Å². The van der Waals surface area contributed by atoms with Crippen molar-refractivity contribution in [3.63, 3.8) is 0 Å². The maximum Gasteiger partial charge on any atom is 0.160 e. The second-order valence-electron chi connectivity index (χ2n) is 14.1. The molecule has 0 saturated heterocycles. The van der Waals surface area contributed by atoms with E-state index in [1.54, 1.807) is 0 Å². The number of rotatable bonds is 7. The van der Waals surface area contributed by atoms with Crippen LogP contribution in [0.15, 0.2) is 218 Å². The average molecular weight is 701 g/mol. The Kier molecular flexibility index (Phi) is 8.08. The molecule has 0 N–H and O–H groups in total. The molecule has 1 aromatic heterocycles. The lowest BCUT2D eigenvalue weighted by Crippen LogP contribution is -2.28. The lowest BCUT2D eigenvalue weighted by molar-refractivity contribution is 0.769. The molecule has 55 heavy (non-hydrogen) atoms. The Bertz CT molecular complexity index is 2670. The molecule has 1 aliphatic carbocycles. The summed E-state index contributed by atoms with van der Waals surface area (Å²) in [6.45, 7) is 0. The minimum Gasteiger partial charge on any atom is -0.228 e. The molecular weight excluding hydrogens is 665 g/mol. The van der Waals surface area contributed by atoms with E-state index >= 15 is 0 Å². The first-order valence-electron chi connectivity index (χ1n) is 18.8. The Hall–Kier alpha value is -7.16. The zero-order valence-electron chi connectivity index (χ0n) is 30.2. The number of fused-ring (bicyclic) bond motifs is 3. The van der Waals surface area contributed by atoms with Gasteiger partial charge in [-0.15, -0.1) is 0 Å². The average Bonchev–Trinajstić information content (AvgIpc) is 3.58. The third kappa shape index (κ3) is 5.67.